The first kappa shape index (κ1) is 14.6. The molecular formula is C9H14ClN5S. The molecule has 0 aliphatic carbocycles. The van der Waals surface area contributed by atoms with Gasteiger partial charge in [-0.2, -0.15) is 5.10 Å². The summed E-state index contributed by atoms with van der Waals surface area (Å²) in [6.07, 6.45) is 3.67. The van der Waals surface area contributed by atoms with Crippen LogP contribution >= 0.6 is 24.2 Å². The minimum atomic E-state index is 0. The van der Waals surface area contributed by atoms with E-state index in [1.165, 1.54) is 4.90 Å². The van der Waals surface area contributed by atoms with Gasteiger partial charge in [-0.25, -0.2) is 5.43 Å². The van der Waals surface area contributed by atoms with Crippen molar-refractivity contribution >= 4 is 36.3 Å². The van der Waals surface area contributed by atoms with Crippen LogP contribution in [0, 0.1) is 0 Å². The molecule has 1 rings (SSSR count). The summed E-state index contributed by atoms with van der Waals surface area (Å²) in [7, 11) is 0. The highest BCUT2D eigenvalue weighted by molar-refractivity contribution is 7.98. The van der Waals surface area contributed by atoms with Gasteiger partial charge in [-0.3, -0.25) is 0 Å². The molecular weight excluding hydrogens is 246 g/mol. The highest BCUT2D eigenvalue weighted by Gasteiger charge is 1.90. The lowest BCUT2D eigenvalue weighted by Crippen LogP contribution is -2.28. The maximum Gasteiger partial charge on any atom is 0.231 e. The van der Waals surface area contributed by atoms with E-state index >= 15 is 0 Å². The molecule has 0 atom stereocenters. The monoisotopic (exact) mass is 259 g/mol. The quantitative estimate of drug-likeness (QED) is 0.248. The number of nitrogens with two attached hydrogens (primary N) is 2. The maximum atomic E-state index is 5.28. The van der Waals surface area contributed by atoms with E-state index in [9.17, 15) is 0 Å². The van der Waals surface area contributed by atoms with Crippen molar-refractivity contribution < 1.29 is 0 Å². The summed E-state index contributed by atoms with van der Waals surface area (Å²) in [6, 6.07) is 7.97. The number of hydrogen-bond donors (Lipinski definition) is 3. The molecule has 0 fully saturated rings. The number of nitrogens with one attached hydrogen (secondary N) is 1. The number of halogens is 1. The van der Waals surface area contributed by atoms with Gasteiger partial charge in [0.15, 0.2) is 0 Å². The van der Waals surface area contributed by atoms with Gasteiger partial charge in [0.2, 0.25) is 5.96 Å². The van der Waals surface area contributed by atoms with Gasteiger partial charge in [0.1, 0.15) is 0 Å². The smallest absolute Gasteiger partial charge is 0.231 e. The highest BCUT2D eigenvalue weighted by atomic mass is 35.5. The molecule has 88 valence electrons. The average molecular weight is 260 g/mol. The van der Waals surface area contributed by atoms with Crippen molar-refractivity contribution in [3.05, 3.63) is 29.8 Å². The molecule has 0 radical (unpaired) electrons. The summed E-state index contributed by atoms with van der Waals surface area (Å²) in [4.78, 5) is 1.21. The number of nitrogens with zero attached hydrogens (tertiary/aromatic N) is 2. The van der Waals surface area contributed by atoms with Gasteiger partial charge < -0.3 is 11.6 Å². The summed E-state index contributed by atoms with van der Waals surface area (Å²) in [5, 5.41) is 7.06. The van der Waals surface area contributed by atoms with Crippen LogP contribution in [0.5, 0.6) is 0 Å². The van der Waals surface area contributed by atoms with Crippen molar-refractivity contribution in [2.75, 3.05) is 6.26 Å². The Balaban J connectivity index is 0.00000225. The Labute approximate surface area is 105 Å². The molecule has 7 heteroatoms. The Morgan fingerprint density at radius 1 is 1.38 bits per heavy atom. The topological polar surface area (TPSA) is 88.8 Å². The van der Waals surface area contributed by atoms with Crippen LogP contribution in [0.25, 0.3) is 0 Å². The lowest BCUT2D eigenvalue weighted by atomic mass is 10.2. The third-order valence-electron chi connectivity index (χ3n) is 1.65. The van der Waals surface area contributed by atoms with Crippen LogP contribution in [-0.4, -0.2) is 18.4 Å². The van der Waals surface area contributed by atoms with Crippen LogP contribution in [0.1, 0.15) is 5.56 Å². The van der Waals surface area contributed by atoms with Crippen LogP contribution in [0.3, 0.4) is 0 Å². The molecule has 5 N–H and O–H groups in total. The number of hydrogen-bond acceptors (Lipinski definition) is 4. The Hall–Kier alpha value is -1.40. The van der Waals surface area contributed by atoms with Crippen molar-refractivity contribution in [1.82, 2.24) is 5.43 Å². The van der Waals surface area contributed by atoms with E-state index in [-0.39, 0.29) is 18.4 Å². The normalized spacial score (nSPS) is 11.2. The molecule has 0 unspecified atom stereocenters. The zero-order valence-electron chi connectivity index (χ0n) is 8.75. The second kappa shape index (κ2) is 7.84. The van der Waals surface area contributed by atoms with E-state index in [1.54, 1.807) is 18.0 Å². The predicted octanol–water partition coefficient (Wildman–Crippen LogP) is 0.942. The molecule has 0 amide bonds. The SMILES string of the molecule is CSc1ccc(/C=N/NC(N)=NN)cc1.Cl. The molecule has 0 spiro atoms. The van der Waals surface area contributed by atoms with Crippen molar-refractivity contribution in [2.24, 2.45) is 21.8 Å². The molecule has 0 aliphatic rings. The van der Waals surface area contributed by atoms with Gasteiger partial charge >= 0.3 is 0 Å². The number of rotatable bonds is 3. The van der Waals surface area contributed by atoms with Gasteiger partial charge in [-0.1, -0.05) is 12.1 Å². The lowest BCUT2D eigenvalue weighted by Gasteiger charge is -1.97. The second-order valence-electron chi connectivity index (χ2n) is 2.66. The largest absolute Gasteiger partial charge is 0.367 e. The van der Waals surface area contributed by atoms with Crippen molar-refractivity contribution in [1.29, 1.82) is 0 Å². The molecule has 0 saturated carbocycles. The molecule has 5 nitrogen and oxygen atoms in total. The summed E-state index contributed by atoms with van der Waals surface area (Å²) in [6.45, 7) is 0. The molecule has 0 bridgehead atoms. The van der Waals surface area contributed by atoms with Crippen LogP contribution in [0.4, 0.5) is 0 Å². The van der Waals surface area contributed by atoms with Crippen LogP contribution in [-0.2, 0) is 0 Å². The molecule has 16 heavy (non-hydrogen) atoms. The fraction of sp³-hybridized carbons (Fsp3) is 0.111. The number of benzene rings is 1. The van der Waals surface area contributed by atoms with Gasteiger partial charge in [0.05, 0.1) is 6.21 Å². The van der Waals surface area contributed by atoms with E-state index < -0.39 is 0 Å². The fourth-order valence-corrected chi connectivity index (χ4v) is 1.30. The molecule has 0 aliphatic heterocycles. The first-order valence-electron chi connectivity index (χ1n) is 4.22. The van der Waals surface area contributed by atoms with E-state index in [2.05, 4.69) is 15.6 Å². The zero-order valence-corrected chi connectivity index (χ0v) is 10.4. The third kappa shape index (κ3) is 4.90. The van der Waals surface area contributed by atoms with Crippen molar-refractivity contribution in [3.8, 4) is 0 Å². The van der Waals surface area contributed by atoms with E-state index in [0.29, 0.717) is 0 Å². The summed E-state index contributed by atoms with van der Waals surface area (Å²) in [5.74, 6) is 4.99. The molecule has 1 aromatic carbocycles. The Morgan fingerprint density at radius 3 is 2.50 bits per heavy atom. The van der Waals surface area contributed by atoms with Crippen molar-refractivity contribution in [2.45, 2.75) is 4.90 Å². The third-order valence-corrected chi connectivity index (χ3v) is 2.39. The Kier molecular flexibility index (Phi) is 7.15. The summed E-state index contributed by atoms with van der Waals surface area (Å²) >= 11 is 1.69. The first-order chi connectivity index (χ1) is 7.26. The van der Waals surface area contributed by atoms with Crippen LogP contribution in [0.15, 0.2) is 39.4 Å². The Bertz CT molecular complexity index is 363. The molecule has 0 heterocycles. The standard InChI is InChI=1S/C9H13N5S.ClH/c1-15-8-4-2-7(3-5-8)6-12-14-9(10)13-11;/h2-6H,11H2,1H3,(H3,10,13,14);1H/b12-6+;. The van der Waals surface area contributed by atoms with Gasteiger partial charge in [-0.05, 0) is 24.0 Å². The van der Waals surface area contributed by atoms with Gasteiger partial charge in [0.25, 0.3) is 0 Å². The van der Waals surface area contributed by atoms with E-state index in [0.717, 1.165) is 5.56 Å². The summed E-state index contributed by atoms with van der Waals surface area (Å²) in [5.41, 5.74) is 8.73. The zero-order chi connectivity index (χ0) is 11.1. The number of hydrazone groups is 2. The van der Waals surface area contributed by atoms with Crippen molar-refractivity contribution in [3.63, 3.8) is 0 Å². The lowest BCUT2D eigenvalue weighted by molar-refractivity contribution is 0.993. The van der Waals surface area contributed by atoms with Gasteiger partial charge in [0, 0.05) is 4.90 Å². The first-order valence-corrected chi connectivity index (χ1v) is 5.45. The number of thioether (sulfide) groups is 1. The molecule has 0 saturated heterocycles. The Morgan fingerprint density at radius 2 is 2.00 bits per heavy atom. The highest BCUT2D eigenvalue weighted by Crippen LogP contribution is 2.13. The average Bonchev–Trinajstić information content (AvgIpc) is 2.29. The van der Waals surface area contributed by atoms with Crippen LogP contribution < -0.4 is 17.0 Å². The predicted molar refractivity (Wildman–Crippen MR) is 72.0 cm³/mol. The van der Waals surface area contributed by atoms with E-state index in [1.807, 2.05) is 30.5 Å². The van der Waals surface area contributed by atoms with Gasteiger partial charge in [-0.15, -0.1) is 29.3 Å². The number of guanidine groups is 1. The maximum absolute atomic E-state index is 5.28. The van der Waals surface area contributed by atoms with Crippen LogP contribution in [0.2, 0.25) is 0 Å². The molecule has 0 aromatic heterocycles. The fourth-order valence-electron chi connectivity index (χ4n) is 0.892. The second-order valence-corrected chi connectivity index (χ2v) is 3.54. The summed E-state index contributed by atoms with van der Waals surface area (Å²) < 4.78 is 0. The van der Waals surface area contributed by atoms with E-state index in [4.69, 9.17) is 11.6 Å². The minimum Gasteiger partial charge on any atom is -0.367 e. The molecule has 1 aromatic rings. The minimum absolute atomic E-state index is 0.